The van der Waals surface area contributed by atoms with E-state index in [0.717, 1.165) is 12.2 Å². The summed E-state index contributed by atoms with van der Waals surface area (Å²) in [5.74, 6) is 0.977. The van der Waals surface area contributed by atoms with Crippen LogP contribution in [-0.4, -0.2) is 4.82 Å². The van der Waals surface area contributed by atoms with Crippen LogP contribution in [0.5, 0.6) is 5.75 Å². The summed E-state index contributed by atoms with van der Waals surface area (Å²) in [5, 5.41) is 0. The Balaban J connectivity index is 2.16. The van der Waals surface area contributed by atoms with Crippen molar-refractivity contribution in [1.29, 1.82) is 0 Å². The second-order valence-corrected chi connectivity index (χ2v) is 8.65. The molecular formula is C17H22OTi. The molecule has 1 aliphatic rings. The molecule has 100 valence electrons. The molecule has 0 N–H and O–H groups in total. The Labute approximate surface area is 122 Å². The number of benzene rings is 1. The van der Waals surface area contributed by atoms with E-state index in [9.17, 15) is 0 Å². The first-order chi connectivity index (χ1) is 8.88. The van der Waals surface area contributed by atoms with Gasteiger partial charge in [0, 0.05) is 0 Å². The number of hydrogen-bond donors (Lipinski definition) is 0. The van der Waals surface area contributed by atoms with E-state index in [1.807, 2.05) is 6.07 Å². The van der Waals surface area contributed by atoms with Crippen molar-refractivity contribution in [3.8, 4) is 5.75 Å². The summed E-state index contributed by atoms with van der Waals surface area (Å²) in [7, 11) is 0. The molecule has 0 unspecified atom stereocenters. The zero-order valence-electron chi connectivity index (χ0n) is 12.3. The van der Waals surface area contributed by atoms with E-state index in [-0.39, 0.29) is 5.41 Å². The Bertz CT molecular complexity index is 559. The van der Waals surface area contributed by atoms with Crippen LogP contribution in [0, 0.1) is 0 Å². The first-order valence-electron chi connectivity index (χ1n) is 6.72. The molecule has 0 saturated carbocycles. The zero-order valence-corrected chi connectivity index (χ0v) is 13.8. The summed E-state index contributed by atoms with van der Waals surface area (Å²) in [6, 6.07) is 8.45. The number of rotatable bonds is 3. The molecule has 0 aromatic heterocycles. The molecule has 1 nitrogen and oxygen atoms in total. The van der Waals surface area contributed by atoms with Gasteiger partial charge in [-0.1, -0.05) is 0 Å². The van der Waals surface area contributed by atoms with Gasteiger partial charge in [0.15, 0.2) is 0 Å². The van der Waals surface area contributed by atoms with E-state index in [1.54, 1.807) is 0 Å². The van der Waals surface area contributed by atoms with Gasteiger partial charge in [-0.15, -0.1) is 0 Å². The molecule has 1 aromatic rings. The predicted octanol–water partition coefficient (Wildman–Crippen LogP) is 4.56. The summed E-state index contributed by atoms with van der Waals surface area (Å²) >= 11 is -1.83. The molecule has 19 heavy (non-hydrogen) atoms. The molecule has 0 spiro atoms. The standard InChI is InChI=1S/C10H14O.C6H7.CH2.Ti/c1-10(2,3)8-5-4-6-9(11)7-8;1-6-4-2-3-5-6;;/h4-7,11H,1-3H3;2,4H,3H2,1H3;1H2;/q;;;+1/p-1. The molecular weight excluding hydrogens is 268 g/mol. The van der Waals surface area contributed by atoms with Gasteiger partial charge < -0.3 is 0 Å². The first-order valence-corrected chi connectivity index (χ1v) is 9.24. The summed E-state index contributed by atoms with van der Waals surface area (Å²) in [4.78, 5) is 4.30. The fourth-order valence-corrected chi connectivity index (χ4v) is 4.37. The topological polar surface area (TPSA) is 9.23 Å². The fourth-order valence-electron chi connectivity index (χ4n) is 2.18. The summed E-state index contributed by atoms with van der Waals surface area (Å²) in [6.07, 6.45) is 5.42. The van der Waals surface area contributed by atoms with Gasteiger partial charge in [0.05, 0.1) is 0 Å². The van der Waals surface area contributed by atoms with Crippen LogP contribution in [0.4, 0.5) is 0 Å². The minimum absolute atomic E-state index is 0.158. The summed E-state index contributed by atoms with van der Waals surface area (Å²) < 4.78 is 7.61. The summed E-state index contributed by atoms with van der Waals surface area (Å²) in [5.41, 5.74) is 2.83. The van der Waals surface area contributed by atoms with Gasteiger partial charge in [-0.25, -0.2) is 0 Å². The van der Waals surface area contributed by atoms with Gasteiger partial charge in [-0.3, -0.25) is 0 Å². The molecule has 2 heteroatoms. The van der Waals surface area contributed by atoms with Crippen LogP contribution in [-0.2, 0) is 23.2 Å². The van der Waals surface area contributed by atoms with Crippen molar-refractivity contribution >= 4 is 4.82 Å². The van der Waals surface area contributed by atoms with E-state index >= 15 is 0 Å². The quantitative estimate of drug-likeness (QED) is 0.741. The van der Waals surface area contributed by atoms with E-state index in [2.05, 4.69) is 62.9 Å². The predicted molar refractivity (Wildman–Crippen MR) is 79.3 cm³/mol. The molecule has 0 heterocycles. The average molecular weight is 290 g/mol. The third-order valence-corrected chi connectivity index (χ3v) is 6.18. The van der Waals surface area contributed by atoms with Crippen LogP contribution >= 0.6 is 0 Å². The van der Waals surface area contributed by atoms with Crippen LogP contribution in [0.15, 0.2) is 45.9 Å². The molecule has 0 saturated heterocycles. The van der Waals surface area contributed by atoms with Gasteiger partial charge in [0.1, 0.15) is 0 Å². The maximum absolute atomic E-state index is 6.16. The van der Waals surface area contributed by atoms with Crippen molar-refractivity contribution in [3.63, 3.8) is 0 Å². The molecule has 0 bridgehead atoms. The van der Waals surface area contributed by atoms with Gasteiger partial charge in [0.2, 0.25) is 0 Å². The molecule has 1 aliphatic carbocycles. The van der Waals surface area contributed by atoms with Crippen molar-refractivity contribution in [3.05, 3.63) is 51.4 Å². The van der Waals surface area contributed by atoms with E-state index in [0.29, 0.717) is 0 Å². The molecule has 0 atom stereocenters. The Kier molecular flexibility index (Phi) is 4.27. The monoisotopic (exact) mass is 290 g/mol. The second kappa shape index (κ2) is 5.60. The van der Waals surface area contributed by atoms with E-state index < -0.39 is 17.8 Å². The van der Waals surface area contributed by atoms with Crippen LogP contribution in [0.3, 0.4) is 0 Å². The number of hydrogen-bond acceptors (Lipinski definition) is 1. The Hall–Kier alpha value is -0.916. The first kappa shape index (κ1) is 14.5. The third-order valence-electron chi connectivity index (χ3n) is 3.44. The molecule has 0 radical (unpaired) electrons. The molecule has 0 aliphatic heterocycles. The molecule has 0 amide bonds. The molecule has 0 fully saturated rings. The van der Waals surface area contributed by atoms with Crippen LogP contribution in [0.2, 0.25) is 0 Å². The van der Waals surface area contributed by atoms with Crippen LogP contribution in [0.1, 0.15) is 39.7 Å². The van der Waals surface area contributed by atoms with Crippen molar-refractivity contribution < 1.29 is 21.1 Å². The van der Waals surface area contributed by atoms with Crippen molar-refractivity contribution in [2.45, 2.75) is 39.5 Å². The minimum atomic E-state index is -1.83. The zero-order chi connectivity index (χ0) is 14.0. The Morgan fingerprint density at radius 2 is 2.00 bits per heavy atom. The van der Waals surface area contributed by atoms with Gasteiger partial charge in [-0.2, -0.15) is 0 Å². The van der Waals surface area contributed by atoms with E-state index in [4.69, 9.17) is 3.32 Å². The van der Waals surface area contributed by atoms with Gasteiger partial charge in [-0.05, 0) is 0 Å². The Morgan fingerprint density at radius 1 is 1.26 bits per heavy atom. The molecule has 1 aromatic carbocycles. The van der Waals surface area contributed by atoms with Crippen LogP contribution < -0.4 is 3.32 Å². The van der Waals surface area contributed by atoms with Crippen LogP contribution in [0.25, 0.3) is 0 Å². The van der Waals surface area contributed by atoms with E-state index in [1.165, 1.54) is 15.0 Å². The average Bonchev–Trinajstić information content (AvgIpc) is 2.75. The fraction of sp³-hybridized carbons (Fsp3) is 0.353. The Morgan fingerprint density at radius 3 is 2.58 bits per heavy atom. The second-order valence-electron chi connectivity index (χ2n) is 6.07. The van der Waals surface area contributed by atoms with Gasteiger partial charge >= 0.3 is 123 Å². The summed E-state index contributed by atoms with van der Waals surface area (Å²) in [6.45, 7) is 8.83. The maximum atomic E-state index is 6.16. The van der Waals surface area contributed by atoms with Crippen molar-refractivity contribution in [2.24, 2.45) is 0 Å². The van der Waals surface area contributed by atoms with Crippen molar-refractivity contribution in [1.82, 2.24) is 0 Å². The molecule has 2 rings (SSSR count). The van der Waals surface area contributed by atoms with Gasteiger partial charge in [0.25, 0.3) is 0 Å². The number of allylic oxidation sites excluding steroid dienone is 4. The third kappa shape index (κ3) is 3.55. The SMILES string of the molecule is [CH2]=[Ti]([O]c1cccc(C(C)(C)C)c1)[C]1=C(C)C=CC1. The van der Waals surface area contributed by atoms with Crippen molar-refractivity contribution in [2.75, 3.05) is 0 Å². The normalized spacial score (nSPS) is 14.9.